The molecule has 5 rings (SSSR count). The van der Waals surface area contributed by atoms with Gasteiger partial charge in [0, 0.05) is 25.7 Å². The van der Waals surface area contributed by atoms with E-state index in [9.17, 15) is 8.42 Å². The Bertz CT molecular complexity index is 1220. The summed E-state index contributed by atoms with van der Waals surface area (Å²) in [5.41, 5.74) is 3.00. The molecule has 0 amide bonds. The number of fused-ring (bicyclic) bond motifs is 1. The summed E-state index contributed by atoms with van der Waals surface area (Å²) in [7, 11) is -3.67. The maximum Gasteiger partial charge on any atom is 0.264 e. The topological polar surface area (TPSA) is 59.1 Å². The third-order valence-corrected chi connectivity index (χ3v) is 8.38. The Kier molecular flexibility index (Phi) is 6.48. The second kappa shape index (κ2) is 9.68. The molecule has 0 bridgehead atoms. The second-order valence-corrected chi connectivity index (χ2v) is 10.7. The van der Waals surface area contributed by atoms with E-state index < -0.39 is 10.0 Å². The highest BCUT2D eigenvalue weighted by atomic mass is 32.2. The van der Waals surface area contributed by atoms with Gasteiger partial charge in [0.15, 0.2) is 11.5 Å². The summed E-state index contributed by atoms with van der Waals surface area (Å²) in [4.78, 5) is 2.71. The lowest BCUT2D eigenvalue weighted by Crippen LogP contribution is -2.47. The maximum atomic E-state index is 13.7. The number of piperidine rings is 1. The molecule has 0 unspecified atom stereocenters. The van der Waals surface area contributed by atoms with Gasteiger partial charge in [-0.25, -0.2) is 8.42 Å². The number of benzene rings is 3. The minimum absolute atomic E-state index is 0.0931. The third kappa shape index (κ3) is 4.76. The van der Waals surface area contributed by atoms with Gasteiger partial charge in [-0.2, -0.15) is 0 Å². The van der Waals surface area contributed by atoms with Crippen LogP contribution < -0.4 is 13.8 Å². The number of hydrogen-bond acceptors (Lipinski definition) is 5. The number of ether oxygens (including phenoxy) is 2. The van der Waals surface area contributed by atoms with Crippen LogP contribution in [0.3, 0.4) is 0 Å². The number of anilines is 1. The van der Waals surface area contributed by atoms with E-state index in [-0.39, 0.29) is 6.04 Å². The maximum absolute atomic E-state index is 13.7. The molecule has 6 nitrogen and oxygen atoms in total. The molecule has 2 heterocycles. The van der Waals surface area contributed by atoms with Crippen molar-refractivity contribution in [2.24, 2.45) is 0 Å². The fourth-order valence-corrected chi connectivity index (χ4v) is 6.43. The first-order chi connectivity index (χ1) is 16.5. The molecule has 1 saturated heterocycles. The van der Waals surface area contributed by atoms with Gasteiger partial charge in [0.25, 0.3) is 10.0 Å². The van der Waals surface area contributed by atoms with Gasteiger partial charge in [0.1, 0.15) is 13.2 Å². The minimum Gasteiger partial charge on any atom is -0.486 e. The van der Waals surface area contributed by atoms with E-state index in [1.54, 1.807) is 28.6 Å². The van der Waals surface area contributed by atoms with Crippen LogP contribution in [-0.4, -0.2) is 45.7 Å². The highest BCUT2D eigenvalue weighted by Crippen LogP contribution is 2.33. The van der Waals surface area contributed by atoms with Gasteiger partial charge in [-0.1, -0.05) is 42.0 Å². The number of nitrogens with zero attached hydrogens (tertiary/aromatic N) is 2. The second-order valence-electron chi connectivity index (χ2n) is 8.93. The molecule has 3 aromatic rings. The standard InChI is InChI=1S/C27H30N2O4S/c1-21-7-10-23(11-8-21)29(34(30,31)25-5-3-2-4-6-25)24-13-15-28(16-14-24)20-22-9-12-26-27(19-22)33-18-17-32-26/h2-12,19,24H,13-18,20H2,1H3. The van der Waals surface area contributed by atoms with E-state index in [4.69, 9.17) is 9.47 Å². The first kappa shape index (κ1) is 22.7. The van der Waals surface area contributed by atoms with Crippen LogP contribution in [0.5, 0.6) is 11.5 Å². The number of aryl methyl sites for hydroxylation is 1. The fourth-order valence-electron chi connectivity index (χ4n) is 4.70. The number of sulfonamides is 1. The van der Waals surface area contributed by atoms with Crippen LogP contribution in [0.2, 0.25) is 0 Å². The molecule has 1 fully saturated rings. The lowest BCUT2D eigenvalue weighted by Gasteiger charge is -2.39. The average Bonchev–Trinajstić information content (AvgIpc) is 2.87. The molecule has 0 aliphatic carbocycles. The van der Waals surface area contributed by atoms with Gasteiger partial charge in [-0.15, -0.1) is 0 Å². The predicted octanol–water partition coefficient (Wildman–Crippen LogP) is 4.63. The molecule has 7 heteroatoms. The van der Waals surface area contributed by atoms with Crippen LogP contribution >= 0.6 is 0 Å². The van der Waals surface area contributed by atoms with Gasteiger partial charge in [0.05, 0.1) is 10.6 Å². The quantitative estimate of drug-likeness (QED) is 0.517. The van der Waals surface area contributed by atoms with Crippen LogP contribution in [0.1, 0.15) is 24.0 Å². The van der Waals surface area contributed by atoms with Crippen LogP contribution in [0, 0.1) is 6.92 Å². The SMILES string of the molecule is Cc1ccc(N(C2CCN(Cc3ccc4c(c3)OCCO4)CC2)S(=O)(=O)c2ccccc2)cc1. The third-order valence-electron chi connectivity index (χ3n) is 6.49. The fraction of sp³-hybridized carbons (Fsp3) is 0.333. The Morgan fingerprint density at radius 1 is 0.882 bits per heavy atom. The van der Waals surface area contributed by atoms with Crippen molar-refractivity contribution in [1.29, 1.82) is 0 Å². The van der Waals surface area contributed by atoms with E-state index >= 15 is 0 Å². The van der Waals surface area contributed by atoms with Crippen molar-refractivity contribution in [2.45, 2.75) is 37.2 Å². The molecule has 0 saturated carbocycles. The van der Waals surface area contributed by atoms with Crippen molar-refractivity contribution in [3.05, 3.63) is 83.9 Å². The van der Waals surface area contributed by atoms with Crippen LogP contribution in [-0.2, 0) is 16.6 Å². The summed E-state index contributed by atoms with van der Waals surface area (Å²) in [6.07, 6.45) is 1.54. The van der Waals surface area contributed by atoms with E-state index in [1.165, 1.54) is 5.56 Å². The Morgan fingerprint density at radius 2 is 1.56 bits per heavy atom. The van der Waals surface area contributed by atoms with Crippen molar-refractivity contribution >= 4 is 15.7 Å². The summed E-state index contributed by atoms with van der Waals surface area (Å²) in [6.45, 7) is 5.63. The summed E-state index contributed by atoms with van der Waals surface area (Å²) >= 11 is 0. The molecule has 34 heavy (non-hydrogen) atoms. The summed E-state index contributed by atoms with van der Waals surface area (Å²) < 4.78 is 40.4. The van der Waals surface area contributed by atoms with Crippen LogP contribution in [0.15, 0.2) is 77.7 Å². The summed E-state index contributed by atoms with van der Waals surface area (Å²) in [5.74, 6) is 1.60. The normalized spacial score (nSPS) is 16.9. The zero-order valence-corrected chi connectivity index (χ0v) is 20.2. The first-order valence-corrected chi connectivity index (χ1v) is 13.2. The highest BCUT2D eigenvalue weighted by Gasteiger charge is 2.34. The van der Waals surface area contributed by atoms with Gasteiger partial charge >= 0.3 is 0 Å². The number of hydrogen-bond donors (Lipinski definition) is 0. The number of likely N-dealkylation sites (tertiary alicyclic amines) is 1. The molecule has 2 aliphatic heterocycles. The molecule has 0 radical (unpaired) electrons. The van der Waals surface area contributed by atoms with Gasteiger partial charge in [-0.3, -0.25) is 9.21 Å². The highest BCUT2D eigenvalue weighted by molar-refractivity contribution is 7.92. The zero-order valence-electron chi connectivity index (χ0n) is 19.4. The minimum atomic E-state index is -3.67. The first-order valence-electron chi connectivity index (χ1n) is 11.8. The predicted molar refractivity (Wildman–Crippen MR) is 133 cm³/mol. The molecule has 3 aromatic carbocycles. The lowest BCUT2D eigenvalue weighted by molar-refractivity contribution is 0.170. The Balaban J connectivity index is 1.33. The largest absolute Gasteiger partial charge is 0.486 e. The lowest BCUT2D eigenvalue weighted by atomic mass is 10.0. The van der Waals surface area contributed by atoms with Crippen LogP contribution in [0.25, 0.3) is 0 Å². The van der Waals surface area contributed by atoms with Crippen molar-refractivity contribution in [1.82, 2.24) is 4.90 Å². The van der Waals surface area contributed by atoms with Crippen molar-refractivity contribution < 1.29 is 17.9 Å². The van der Waals surface area contributed by atoms with Crippen molar-refractivity contribution in [3.63, 3.8) is 0 Å². The summed E-state index contributed by atoms with van der Waals surface area (Å²) in [6, 6.07) is 22.5. The van der Waals surface area contributed by atoms with E-state index in [2.05, 4.69) is 17.0 Å². The molecular formula is C27H30N2O4S. The van der Waals surface area contributed by atoms with E-state index in [1.807, 2.05) is 43.3 Å². The zero-order chi connectivity index (χ0) is 23.5. The molecular weight excluding hydrogens is 448 g/mol. The van der Waals surface area contributed by atoms with Crippen LogP contribution in [0.4, 0.5) is 5.69 Å². The van der Waals surface area contributed by atoms with Gasteiger partial charge in [0.2, 0.25) is 0 Å². The van der Waals surface area contributed by atoms with Gasteiger partial charge < -0.3 is 9.47 Å². The Hall–Kier alpha value is -3.03. The Labute approximate surface area is 201 Å². The van der Waals surface area contributed by atoms with Gasteiger partial charge in [-0.05, 0) is 61.7 Å². The van der Waals surface area contributed by atoms with Crippen molar-refractivity contribution in [3.8, 4) is 11.5 Å². The molecule has 0 atom stereocenters. The molecule has 0 N–H and O–H groups in total. The number of rotatable bonds is 6. The van der Waals surface area contributed by atoms with Crippen molar-refractivity contribution in [2.75, 3.05) is 30.6 Å². The summed E-state index contributed by atoms with van der Waals surface area (Å²) in [5, 5.41) is 0. The molecule has 0 aromatic heterocycles. The van der Waals surface area contributed by atoms with E-state index in [0.717, 1.165) is 55.2 Å². The molecule has 2 aliphatic rings. The molecule has 178 valence electrons. The average molecular weight is 479 g/mol. The van der Waals surface area contributed by atoms with E-state index in [0.29, 0.717) is 18.1 Å². The Morgan fingerprint density at radius 3 is 2.26 bits per heavy atom. The monoisotopic (exact) mass is 478 g/mol. The molecule has 0 spiro atoms. The smallest absolute Gasteiger partial charge is 0.264 e.